The van der Waals surface area contributed by atoms with Crippen LogP contribution in [0, 0.1) is 18.6 Å². The van der Waals surface area contributed by atoms with Crippen molar-refractivity contribution in [3.8, 4) is 16.9 Å². The second-order valence-electron chi connectivity index (χ2n) is 12.6. The van der Waals surface area contributed by atoms with E-state index in [9.17, 15) is 32.3 Å². The molecule has 1 aromatic heterocycles. The second-order valence-corrected chi connectivity index (χ2v) is 12.6. The number of alkyl halides is 3. The molecule has 0 fully saturated rings. The maximum absolute atomic E-state index is 16.1. The number of ether oxygens (including phenoxy) is 2. The highest BCUT2D eigenvalue weighted by Gasteiger charge is 2.35. The summed E-state index contributed by atoms with van der Waals surface area (Å²) in [7, 11) is 0. The Morgan fingerprint density at radius 1 is 0.922 bits per heavy atom. The second kappa shape index (κ2) is 15.6. The van der Waals surface area contributed by atoms with Crippen LogP contribution in [0.5, 0.6) is 5.75 Å². The van der Waals surface area contributed by atoms with Gasteiger partial charge < -0.3 is 19.9 Å². The third-order valence-corrected chi connectivity index (χ3v) is 7.71. The summed E-state index contributed by atoms with van der Waals surface area (Å²) in [5.74, 6) is -3.79. The van der Waals surface area contributed by atoms with E-state index >= 15 is 8.78 Å². The minimum atomic E-state index is -5.01. The summed E-state index contributed by atoms with van der Waals surface area (Å²) >= 11 is 0. The maximum atomic E-state index is 16.1. The molecule has 4 aromatic rings. The van der Waals surface area contributed by atoms with Gasteiger partial charge in [-0.15, -0.1) is 0 Å². The van der Waals surface area contributed by atoms with Crippen molar-refractivity contribution in [1.29, 1.82) is 0 Å². The highest BCUT2D eigenvalue weighted by molar-refractivity contribution is 5.69. The van der Waals surface area contributed by atoms with Gasteiger partial charge in [-0.25, -0.2) is 18.4 Å². The van der Waals surface area contributed by atoms with Gasteiger partial charge in [0.1, 0.15) is 11.4 Å². The summed E-state index contributed by atoms with van der Waals surface area (Å²) in [6, 6.07) is 13.1. The molecule has 0 aliphatic heterocycles. The molecular weight excluding hydrogens is 681 g/mol. The highest BCUT2D eigenvalue weighted by Crippen LogP contribution is 2.34. The van der Waals surface area contributed by atoms with Crippen LogP contribution in [0.25, 0.3) is 11.1 Å². The van der Waals surface area contributed by atoms with E-state index in [1.54, 1.807) is 51.1 Å². The molecule has 10 nitrogen and oxygen atoms in total. The first kappa shape index (κ1) is 38.3. The molecule has 0 aliphatic carbocycles. The van der Waals surface area contributed by atoms with Gasteiger partial charge in [-0.05, 0) is 57.9 Å². The Morgan fingerprint density at radius 3 is 2.22 bits per heavy atom. The lowest BCUT2D eigenvalue weighted by atomic mass is 10.0. The predicted molar refractivity (Wildman–Crippen MR) is 177 cm³/mol. The Hall–Kier alpha value is -5.47. The van der Waals surface area contributed by atoms with Crippen LogP contribution in [-0.4, -0.2) is 38.5 Å². The summed E-state index contributed by atoms with van der Waals surface area (Å²) in [5.41, 5.74) is -6.11. The van der Waals surface area contributed by atoms with E-state index in [1.807, 2.05) is 0 Å². The molecule has 51 heavy (non-hydrogen) atoms. The lowest BCUT2D eigenvalue weighted by Gasteiger charge is -2.25. The number of carbonyl (C=O) groups excluding carboxylic acids is 1. The molecule has 3 aromatic carbocycles. The van der Waals surface area contributed by atoms with Crippen LogP contribution in [0.3, 0.4) is 0 Å². The van der Waals surface area contributed by atoms with Crippen LogP contribution in [0.1, 0.15) is 62.0 Å². The van der Waals surface area contributed by atoms with Crippen LogP contribution >= 0.6 is 0 Å². The normalized spacial score (nSPS) is 12.3. The third kappa shape index (κ3) is 9.41. The Balaban J connectivity index is 1.95. The van der Waals surface area contributed by atoms with Crippen molar-refractivity contribution in [2.24, 2.45) is 0 Å². The number of amides is 1. The minimum absolute atomic E-state index is 0.0331. The largest absolute Gasteiger partial charge is 0.490 e. The number of carboxylic acid groups (broad SMARTS) is 1. The standard InChI is InChI=1S/C36H36F5N3O7/c1-21-30(23-13-8-16-28(31(23)38)50-18-10-17-29(45)46)32(47)44(20-27(22-11-6-5-7-12-22)42-33(48)51-35(2,3)4)34(49)43(21)19-24-25(36(39,40)41)14-9-15-26(24)37/h5-9,11-16,27H,10,17-20H2,1-4H3,(H,42,48)(H,45,46). The molecule has 1 atom stereocenters. The number of benzene rings is 3. The number of halogens is 5. The molecule has 272 valence electrons. The predicted octanol–water partition coefficient (Wildman–Crippen LogP) is 6.84. The molecule has 0 saturated heterocycles. The first-order valence-electron chi connectivity index (χ1n) is 15.8. The van der Waals surface area contributed by atoms with E-state index in [1.165, 1.54) is 25.1 Å². The number of carbonyl (C=O) groups is 2. The van der Waals surface area contributed by atoms with E-state index in [0.717, 1.165) is 16.7 Å². The fourth-order valence-electron chi connectivity index (χ4n) is 5.37. The first-order valence-corrected chi connectivity index (χ1v) is 15.8. The molecule has 4 rings (SSSR count). The molecule has 1 unspecified atom stereocenters. The van der Waals surface area contributed by atoms with Gasteiger partial charge in [0.15, 0.2) is 11.6 Å². The Labute approximate surface area is 289 Å². The third-order valence-electron chi connectivity index (χ3n) is 7.71. The van der Waals surface area contributed by atoms with Gasteiger partial charge in [0.25, 0.3) is 5.56 Å². The van der Waals surface area contributed by atoms with Crippen molar-refractivity contribution in [2.45, 2.75) is 71.4 Å². The van der Waals surface area contributed by atoms with E-state index in [-0.39, 0.29) is 30.9 Å². The van der Waals surface area contributed by atoms with Crippen molar-refractivity contribution in [3.05, 3.63) is 122 Å². The number of hydrogen-bond donors (Lipinski definition) is 2. The van der Waals surface area contributed by atoms with Gasteiger partial charge in [-0.1, -0.05) is 48.5 Å². The summed E-state index contributed by atoms with van der Waals surface area (Å²) in [5, 5.41) is 11.5. The molecule has 0 spiro atoms. The van der Waals surface area contributed by atoms with Gasteiger partial charge in [0.05, 0.1) is 36.9 Å². The van der Waals surface area contributed by atoms with Crippen LogP contribution in [0.4, 0.5) is 26.7 Å². The van der Waals surface area contributed by atoms with Crippen LogP contribution in [0.15, 0.2) is 76.3 Å². The highest BCUT2D eigenvalue weighted by atomic mass is 19.4. The number of aliphatic carboxylic acids is 1. The molecule has 0 bridgehead atoms. The average molecular weight is 718 g/mol. The minimum Gasteiger partial charge on any atom is -0.490 e. The van der Waals surface area contributed by atoms with Gasteiger partial charge in [0.2, 0.25) is 0 Å². The first-order chi connectivity index (χ1) is 23.9. The molecule has 15 heteroatoms. The number of hydrogen-bond acceptors (Lipinski definition) is 6. The Bertz CT molecular complexity index is 2020. The maximum Gasteiger partial charge on any atom is 0.416 e. The average Bonchev–Trinajstić information content (AvgIpc) is 3.03. The lowest BCUT2D eigenvalue weighted by Crippen LogP contribution is -2.46. The number of nitrogens with zero attached hydrogens (tertiary/aromatic N) is 2. The van der Waals surface area contributed by atoms with E-state index in [2.05, 4.69) is 5.32 Å². The van der Waals surface area contributed by atoms with Gasteiger partial charge in [-0.3, -0.25) is 18.7 Å². The zero-order valence-electron chi connectivity index (χ0n) is 28.1. The number of carboxylic acids is 1. The topological polar surface area (TPSA) is 129 Å². The molecule has 0 saturated carbocycles. The van der Waals surface area contributed by atoms with Crippen molar-refractivity contribution in [2.75, 3.05) is 6.61 Å². The van der Waals surface area contributed by atoms with E-state index in [0.29, 0.717) is 16.2 Å². The number of alkyl carbamates (subject to hydrolysis) is 1. The van der Waals surface area contributed by atoms with Gasteiger partial charge >= 0.3 is 23.9 Å². The van der Waals surface area contributed by atoms with Crippen LogP contribution < -0.4 is 21.3 Å². The zero-order chi connectivity index (χ0) is 37.7. The molecule has 0 aliphatic rings. The number of nitrogens with one attached hydrogen (secondary N) is 1. The van der Waals surface area contributed by atoms with Crippen molar-refractivity contribution < 1.29 is 46.1 Å². The SMILES string of the molecule is Cc1c(-c2cccc(OCCCC(=O)O)c2F)c(=O)n(CC(NC(=O)OC(C)(C)C)c2ccccc2)c(=O)n1Cc1c(F)cccc1C(F)(F)F. The zero-order valence-corrected chi connectivity index (χ0v) is 28.1. The molecule has 1 amide bonds. The summed E-state index contributed by atoms with van der Waals surface area (Å²) in [4.78, 5) is 52.2. The quantitative estimate of drug-likeness (QED) is 0.121. The molecule has 1 heterocycles. The summed E-state index contributed by atoms with van der Waals surface area (Å²) in [6.07, 6.45) is -6.14. The Kier molecular flexibility index (Phi) is 11.7. The number of aromatic nitrogens is 2. The van der Waals surface area contributed by atoms with Crippen LogP contribution in [0.2, 0.25) is 0 Å². The lowest BCUT2D eigenvalue weighted by molar-refractivity contribution is -0.139. The van der Waals surface area contributed by atoms with Crippen molar-refractivity contribution in [1.82, 2.24) is 14.5 Å². The molecule has 2 N–H and O–H groups in total. The van der Waals surface area contributed by atoms with Gasteiger partial charge in [-0.2, -0.15) is 13.2 Å². The van der Waals surface area contributed by atoms with Gasteiger partial charge in [0, 0.05) is 23.2 Å². The monoisotopic (exact) mass is 717 g/mol. The van der Waals surface area contributed by atoms with Crippen LogP contribution in [-0.2, 0) is 28.8 Å². The Morgan fingerprint density at radius 2 is 1.59 bits per heavy atom. The van der Waals surface area contributed by atoms with Crippen molar-refractivity contribution in [3.63, 3.8) is 0 Å². The fourth-order valence-corrected chi connectivity index (χ4v) is 5.37. The fraction of sp³-hybridized carbons (Fsp3) is 0.333. The molecule has 0 radical (unpaired) electrons. The summed E-state index contributed by atoms with van der Waals surface area (Å²) in [6.45, 7) is 4.29. The number of rotatable bonds is 12. The van der Waals surface area contributed by atoms with Crippen molar-refractivity contribution >= 4 is 12.1 Å². The molecular formula is C36H36F5N3O7. The smallest absolute Gasteiger partial charge is 0.416 e. The summed E-state index contributed by atoms with van der Waals surface area (Å²) < 4.78 is 85.4. The van der Waals surface area contributed by atoms with E-state index in [4.69, 9.17) is 14.6 Å². The van der Waals surface area contributed by atoms with E-state index < -0.39 is 88.1 Å².